The van der Waals surface area contributed by atoms with Gasteiger partial charge in [0.1, 0.15) is 5.52 Å². The van der Waals surface area contributed by atoms with Crippen molar-refractivity contribution in [2.45, 2.75) is 19.5 Å². The number of aryl methyl sites for hydroxylation is 1. The van der Waals surface area contributed by atoms with Crippen LogP contribution in [0.25, 0.3) is 22.4 Å². The molecule has 1 aromatic carbocycles. The third kappa shape index (κ3) is 2.50. The third-order valence-corrected chi connectivity index (χ3v) is 4.95. The Balaban J connectivity index is 1.89. The second-order valence-corrected chi connectivity index (χ2v) is 7.15. The van der Waals surface area contributed by atoms with E-state index >= 15 is 0 Å². The van der Waals surface area contributed by atoms with E-state index in [0.717, 1.165) is 21.4 Å². The van der Waals surface area contributed by atoms with Crippen molar-refractivity contribution in [3.63, 3.8) is 0 Å². The number of rotatable bonds is 1. The van der Waals surface area contributed by atoms with E-state index in [2.05, 4.69) is 15.0 Å². The van der Waals surface area contributed by atoms with Crippen LogP contribution in [0, 0.1) is 6.92 Å². The monoisotopic (exact) mass is 400 g/mol. The summed E-state index contributed by atoms with van der Waals surface area (Å²) in [6, 6.07) is 4.76. The van der Waals surface area contributed by atoms with Crippen LogP contribution in [0.2, 0.25) is 5.02 Å². The Kier molecular flexibility index (Phi) is 3.55. The lowest BCUT2D eigenvalue weighted by Gasteiger charge is -2.16. The van der Waals surface area contributed by atoms with Gasteiger partial charge in [0.2, 0.25) is 5.82 Å². The van der Waals surface area contributed by atoms with Crippen LogP contribution in [-0.4, -0.2) is 20.2 Å². The fourth-order valence-corrected chi connectivity index (χ4v) is 3.84. The van der Waals surface area contributed by atoms with Crippen molar-refractivity contribution in [3.05, 3.63) is 64.6 Å². The Bertz CT molecular complexity index is 1250. The molecule has 0 saturated heterocycles. The van der Waals surface area contributed by atoms with Crippen LogP contribution in [0.1, 0.15) is 23.4 Å². The first-order valence-corrected chi connectivity index (χ1v) is 8.92. The summed E-state index contributed by atoms with van der Waals surface area (Å²) >= 11 is 6.25. The molecule has 3 aromatic rings. The highest BCUT2D eigenvalue weighted by molar-refractivity contribution is 6.34. The second-order valence-electron chi connectivity index (χ2n) is 6.71. The maximum absolute atomic E-state index is 13.9. The van der Waals surface area contributed by atoms with Gasteiger partial charge in [-0.3, -0.25) is 9.56 Å². The summed E-state index contributed by atoms with van der Waals surface area (Å²) in [5, 5.41) is 0.299. The Morgan fingerprint density at radius 2 is 2.00 bits per heavy atom. The summed E-state index contributed by atoms with van der Waals surface area (Å²) in [7, 11) is 0. The summed E-state index contributed by atoms with van der Waals surface area (Å²) in [5.41, 5.74) is 4.07. The van der Waals surface area contributed by atoms with Crippen LogP contribution in [0.4, 0.5) is 18.9 Å². The molecule has 0 bridgehead atoms. The number of aliphatic imine (C=N–C) groups is 1. The number of benzene rings is 1. The van der Waals surface area contributed by atoms with Gasteiger partial charge in [0.25, 0.3) is 0 Å². The lowest BCUT2D eigenvalue weighted by atomic mass is 9.96. The maximum Gasteiger partial charge on any atom is 0.450 e. The van der Waals surface area contributed by atoms with Crippen LogP contribution in [0.3, 0.4) is 0 Å². The molecule has 0 radical (unpaired) electrons. The number of aromatic nitrogens is 3. The number of imidazole rings is 1. The maximum atomic E-state index is 13.9. The lowest BCUT2D eigenvalue weighted by molar-refractivity contribution is -0.145. The van der Waals surface area contributed by atoms with Gasteiger partial charge in [-0.05, 0) is 30.7 Å². The molecular formula is C20H12ClF3N4. The predicted molar refractivity (Wildman–Crippen MR) is 102 cm³/mol. The van der Waals surface area contributed by atoms with Crippen molar-refractivity contribution in [1.82, 2.24) is 14.5 Å². The SMILES string of the molecule is Cc1cnc2c(c1)nc(C(F)(F)F)n2-c1cc(Cl)cc2c1C1=CC=CCC1=N2. The first kappa shape index (κ1) is 17.2. The van der Waals surface area contributed by atoms with E-state index in [1.807, 2.05) is 18.2 Å². The number of hydrogen-bond acceptors (Lipinski definition) is 3. The van der Waals surface area contributed by atoms with Gasteiger partial charge < -0.3 is 0 Å². The summed E-state index contributed by atoms with van der Waals surface area (Å²) in [4.78, 5) is 12.6. The Hall–Kier alpha value is -2.93. The lowest BCUT2D eigenvalue weighted by Crippen LogP contribution is -2.15. The van der Waals surface area contributed by atoms with Gasteiger partial charge in [0.05, 0.1) is 17.1 Å². The molecule has 8 heteroatoms. The molecule has 0 fully saturated rings. The van der Waals surface area contributed by atoms with Crippen molar-refractivity contribution in [2.75, 3.05) is 0 Å². The average Bonchev–Trinajstić information content (AvgIpc) is 3.18. The second kappa shape index (κ2) is 5.78. The van der Waals surface area contributed by atoms with Crippen molar-refractivity contribution >= 4 is 39.7 Å². The van der Waals surface area contributed by atoms with Crippen LogP contribution in [-0.2, 0) is 6.18 Å². The molecular weight excluding hydrogens is 389 g/mol. The van der Waals surface area contributed by atoms with E-state index in [4.69, 9.17) is 11.6 Å². The molecule has 3 heterocycles. The molecule has 4 nitrogen and oxygen atoms in total. The van der Waals surface area contributed by atoms with Gasteiger partial charge in [0, 0.05) is 28.8 Å². The van der Waals surface area contributed by atoms with Crippen molar-refractivity contribution < 1.29 is 13.2 Å². The molecule has 140 valence electrons. The molecule has 0 atom stereocenters. The normalized spacial score (nSPS) is 15.5. The van der Waals surface area contributed by atoms with Crippen LogP contribution in [0.5, 0.6) is 0 Å². The number of nitrogens with zero attached hydrogens (tertiary/aromatic N) is 4. The predicted octanol–water partition coefficient (Wildman–Crippen LogP) is 5.83. The zero-order chi connectivity index (χ0) is 19.6. The fraction of sp³-hybridized carbons (Fsp3) is 0.150. The van der Waals surface area contributed by atoms with Gasteiger partial charge in [-0.25, -0.2) is 9.97 Å². The molecule has 5 rings (SSSR count). The van der Waals surface area contributed by atoms with Crippen molar-refractivity contribution in [3.8, 4) is 5.69 Å². The van der Waals surface area contributed by atoms with Crippen LogP contribution >= 0.6 is 11.6 Å². The minimum atomic E-state index is -4.66. The fourth-order valence-electron chi connectivity index (χ4n) is 3.63. The Labute approximate surface area is 162 Å². The third-order valence-electron chi connectivity index (χ3n) is 4.74. The minimum Gasteiger partial charge on any atom is -0.272 e. The molecule has 28 heavy (non-hydrogen) atoms. The zero-order valence-corrected chi connectivity index (χ0v) is 15.3. The number of alkyl halides is 3. The smallest absolute Gasteiger partial charge is 0.272 e. The van der Waals surface area contributed by atoms with Gasteiger partial charge in [-0.2, -0.15) is 13.2 Å². The highest BCUT2D eigenvalue weighted by atomic mass is 35.5. The standard InChI is InChI=1S/C20H12ClF3N4/c1-10-6-15-18(25-9-10)28(19(27-15)20(22,23)24)16-8-11(21)7-14-17(16)12-4-2-3-5-13(12)26-14/h2-4,6-9H,5H2,1H3. The number of halogens is 4. The van der Waals surface area contributed by atoms with Crippen molar-refractivity contribution in [2.24, 2.45) is 4.99 Å². The van der Waals surface area contributed by atoms with Crippen LogP contribution in [0.15, 0.2) is 47.6 Å². The van der Waals surface area contributed by atoms with Gasteiger partial charge in [-0.1, -0.05) is 29.8 Å². The summed E-state index contributed by atoms with van der Waals surface area (Å²) in [6.45, 7) is 1.76. The molecule has 0 saturated carbocycles. The molecule has 1 aliphatic carbocycles. The molecule has 1 aliphatic heterocycles. The largest absolute Gasteiger partial charge is 0.450 e. The van der Waals surface area contributed by atoms with Gasteiger partial charge in [-0.15, -0.1) is 0 Å². The average molecular weight is 401 g/mol. The van der Waals surface area contributed by atoms with Gasteiger partial charge >= 0.3 is 6.18 Å². The summed E-state index contributed by atoms with van der Waals surface area (Å²) < 4.78 is 42.6. The van der Waals surface area contributed by atoms with E-state index in [1.165, 1.54) is 12.3 Å². The van der Waals surface area contributed by atoms with E-state index in [-0.39, 0.29) is 16.9 Å². The topological polar surface area (TPSA) is 43.1 Å². The minimum absolute atomic E-state index is 0.128. The Morgan fingerprint density at radius 3 is 2.79 bits per heavy atom. The highest BCUT2D eigenvalue weighted by Crippen LogP contribution is 2.45. The summed E-state index contributed by atoms with van der Waals surface area (Å²) in [5.74, 6) is -1.04. The number of hydrogen-bond donors (Lipinski definition) is 0. The van der Waals surface area contributed by atoms with E-state index < -0.39 is 12.0 Å². The Morgan fingerprint density at radius 1 is 1.18 bits per heavy atom. The van der Waals surface area contributed by atoms with Gasteiger partial charge in [0.15, 0.2) is 5.65 Å². The first-order chi connectivity index (χ1) is 13.3. The first-order valence-electron chi connectivity index (χ1n) is 8.54. The number of pyridine rings is 1. The van der Waals surface area contributed by atoms with E-state index in [0.29, 0.717) is 22.7 Å². The molecule has 2 aromatic heterocycles. The highest BCUT2D eigenvalue weighted by Gasteiger charge is 2.40. The molecule has 2 aliphatic rings. The molecule has 0 N–H and O–H groups in total. The van der Waals surface area contributed by atoms with E-state index in [9.17, 15) is 13.2 Å². The number of fused-ring (bicyclic) bond motifs is 4. The summed E-state index contributed by atoms with van der Waals surface area (Å²) in [6.07, 6.45) is 3.16. The molecule has 0 amide bonds. The molecule has 0 unspecified atom stereocenters. The van der Waals surface area contributed by atoms with Crippen molar-refractivity contribution in [1.29, 1.82) is 0 Å². The zero-order valence-electron chi connectivity index (χ0n) is 14.5. The van der Waals surface area contributed by atoms with E-state index in [1.54, 1.807) is 19.1 Å². The van der Waals surface area contributed by atoms with Crippen LogP contribution < -0.4 is 0 Å². The quantitative estimate of drug-likeness (QED) is 0.515. The number of allylic oxidation sites excluding steroid dienone is 4. The molecule has 0 spiro atoms.